The Labute approximate surface area is 116 Å². The van der Waals surface area contributed by atoms with E-state index in [4.69, 9.17) is 5.26 Å². The highest BCUT2D eigenvalue weighted by atomic mass is 15.4. The highest BCUT2D eigenvalue weighted by molar-refractivity contribution is 5.14. The second kappa shape index (κ2) is 8.68. The molecule has 0 atom stereocenters. The van der Waals surface area contributed by atoms with E-state index in [0.717, 1.165) is 31.5 Å². The molecule has 0 saturated carbocycles. The summed E-state index contributed by atoms with van der Waals surface area (Å²) < 4.78 is 2.02. The van der Waals surface area contributed by atoms with E-state index < -0.39 is 0 Å². The van der Waals surface area contributed by atoms with Gasteiger partial charge in [0.15, 0.2) is 0 Å². The van der Waals surface area contributed by atoms with Crippen molar-refractivity contribution in [1.82, 2.24) is 15.0 Å². The highest BCUT2D eigenvalue weighted by Gasteiger charge is 2.12. The molecule has 0 aliphatic heterocycles. The van der Waals surface area contributed by atoms with Crippen LogP contribution >= 0.6 is 0 Å². The van der Waals surface area contributed by atoms with Crippen LogP contribution < -0.4 is 0 Å². The van der Waals surface area contributed by atoms with Gasteiger partial charge in [0, 0.05) is 6.54 Å². The number of unbranched alkanes of at least 4 members (excludes halogenated alkanes) is 3. The number of hydrogen-bond donors (Lipinski definition) is 0. The van der Waals surface area contributed by atoms with Crippen molar-refractivity contribution in [3.05, 3.63) is 11.4 Å². The maximum absolute atomic E-state index is 8.85. The molecule has 1 aromatic heterocycles. The molecule has 0 aromatic carbocycles. The quantitative estimate of drug-likeness (QED) is 0.640. The van der Waals surface area contributed by atoms with E-state index in [0.29, 0.717) is 12.3 Å². The molecule has 0 aliphatic rings. The Morgan fingerprint density at radius 1 is 1.26 bits per heavy atom. The largest absolute Gasteiger partial charge is 0.249 e. The Kier molecular flexibility index (Phi) is 7.17. The van der Waals surface area contributed by atoms with Gasteiger partial charge in [-0.3, -0.25) is 0 Å². The fraction of sp³-hybridized carbons (Fsp3) is 0.800. The van der Waals surface area contributed by atoms with Crippen LogP contribution in [0.2, 0.25) is 0 Å². The Bertz CT molecular complexity index is 401. The van der Waals surface area contributed by atoms with Crippen LogP contribution in [0.3, 0.4) is 0 Å². The molecule has 0 N–H and O–H groups in total. The summed E-state index contributed by atoms with van der Waals surface area (Å²) in [7, 11) is 0. The summed E-state index contributed by atoms with van der Waals surface area (Å²) in [6.07, 6.45) is 7.41. The lowest BCUT2D eigenvalue weighted by Gasteiger charge is -2.09. The minimum atomic E-state index is 0.377. The van der Waals surface area contributed by atoms with Crippen LogP contribution in [-0.4, -0.2) is 15.0 Å². The van der Waals surface area contributed by atoms with E-state index in [9.17, 15) is 0 Å². The van der Waals surface area contributed by atoms with E-state index in [1.165, 1.54) is 25.0 Å². The smallest absolute Gasteiger partial charge is 0.0999 e. The second-order valence-corrected chi connectivity index (χ2v) is 5.53. The maximum Gasteiger partial charge on any atom is 0.0999 e. The number of hydrogen-bond acceptors (Lipinski definition) is 3. The van der Waals surface area contributed by atoms with Gasteiger partial charge in [-0.1, -0.05) is 45.2 Å². The van der Waals surface area contributed by atoms with Gasteiger partial charge in [0.25, 0.3) is 0 Å². The van der Waals surface area contributed by atoms with Gasteiger partial charge in [0.1, 0.15) is 0 Å². The Hall–Kier alpha value is -1.37. The zero-order chi connectivity index (χ0) is 14.1. The second-order valence-electron chi connectivity index (χ2n) is 5.53. The van der Waals surface area contributed by atoms with Gasteiger partial charge in [-0.15, -0.1) is 5.10 Å². The van der Waals surface area contributed by atoms with Crippen molar-refractivity contribution in [2.75, 3.05) is 0 Å². The molecule has 0 amide bonds. The van der Waals surface area contributed by atoms with Crippen LogP contribution in [0.5, 0.6) is 0 Å². The summed E-state index contributed by atoms with van der Waals surface area (Å²) in [5, 5.41) is 17.2. The molecule has 0 radical (unpaired) electrons. The van der Waals surface area contributed by atoms with Crippen LogP contribution in [-0.2, 0) is 19.4 Å². The average molecular weight is 262 g/mol. The summed E-state index contributed by atoms with van der Waals surface area (Å²) >= 11 is 0. The number of nitriles is 1. The molecule has 0 bridgehead atoms. The fourth-order valence-corrected chi connectivity index (χ4v) is 2.15. The van der Waals surface area contributed by atoms with Crippen LogP contribution in [0.25, 0.3) is 0 Å². The van der Waals surface area contributed by atoms with Gasteiger partial charge in [-0.2, -0.15) is 5.26 Å². The predicted molar refractivity (Wildman–Crippen MR) is 76.6 cm³/mol. The number of aromatic nitrogens is 3. The van der Waals surface area contributed by atoms with E-state index in [1.807, 2.05) is 4.68 Å². The first-order valence-electron chi connectivity index (χ1n) is 7.47. The van der Waals surface area contributed by atoms with Crippen LogP contribution in [0.15, 0.2) is 0 Å². The van der Waals surface area contributed by atoms with E-state index in [2.05, 4.69) is 37.2 Å². The predicted octanol–water partition coefficient (Wildman–Crippen LogP) is 3.51. The Morgan fingerprint density at radius 2 is 2.05 bits per heavy atom. The van der Waals surface area contributed by atoms with Crippen LogP contribution in [0, 0.1) is 17.2 Å². The summed E-state index contributed by atoms with van der Waals surface area (Å²) in [4.78, 5) is 0. The fourth-order valence-electron chi connectivity index (χ4n) is 2.15. The molecular formula is C15H26N4. The third kappa shape index (κ3) is 5.42. The lowest BCUT2D eigenvalue weighted by atomic mass is 10.0. The number of rotatable bonds is 9. The molecule has 1 heterocycles. The molecular weight excluding hydrogens is 236 g/mol. The molecule has 0 aliphatic carbocycles. The summed E-state index contributed by atoms with van der Waals surface area (Å²) in [5.74, 6) is 0.665. The first kappa shape index (κ1) is 15.7. The molecule has 4 heteroatoms. The van der Waals surface area contributed by atoms with Crippen molar-refractivity contribution in [3.63, 3.8) is 0 Å². The normalized spacial score (nSPS) is 10.9. The molecule has 0 saturated heterocycles. The van der Waals surface area contributed by atoms with Gasteiger partial charge in [0.2, 0.25) is 0 Å². The zero-order valence-electron chi connectivity index (χ0n) is 12.5. The van der Waals surface area contributed by atoms with Gasteiger partial charge in [0.05, 0.1) is 23.9 Å². The summed E-state index contributed by atoms with van der Waals surface area (Å²) in [6, 6.07) is 2.19. The lowest BCUT2D eigenvalue weighted by Crippen LogP contribution is -2.08. The van der Waals surface area contributed by atoms with Crippen molar-refractivity contribution in [1.29, 1.82) is 5.26 Å². The monoisotopic (exact) mass is 262 g/mol. The third-order valence-electron chi connectivity index (χ3n) is 3.35. The maximum atomic E-state index is 8.85. The van der Waals surface area contributed by atoms with E-state index in [-0.39, 0.29) is 0 Å². The molecule has 0 unspecified atom stereocenters. The lowest BCUT2D eigenvalue weighted by molar-refractivity contribution is 0.496. The summed E-state index contributed by atoms with van der Waals surface area (Å²) in [5.41, 5.74) is 2.05. The highest BCUT2D eigenvalue weighted by Crippen LogP contribution is 2.14. The van der Waals surface area contributed by atoms with Crippen molar-refractivity contribution >= 4 is 0 Å². The molecule has 0 spiro atoms. The molecule has 0 fully saturated rings. The van der Waals surface area contributed by atoms with Crippen molar-refractivity contribution in [3.8, 4) is 6.07 Å². The van der Waals surface area contributed by atoms with Crippen molar-refractivity contribution in [2.24, 2.45) is 5.92 Å². The van der Waals surface area contributed by atoms with Gasteiger partial charge in [-0.05, 0) is 25.2 Å². The SMILES string of the molecule is CCCCCCn1nnc(CC#N)c1CCC(C)C. The first-order chi connectivity index (χ1) is 9.19. The molecule has 1 rings (SSSR count). The zero-order valence-corrected chi connectivity index (χ0v) is 12.5. The Balaban J connectivity index is 2.65. The van der Waals surface area contributed by atoms with Crippen LogP contribution in [0.4, 0.5) is 0 Å². The number of aryl methyl sites for hydroxylation is 1. The number of nitrogens with zero attached hydrogens (tertiary/aromatic N) is 4. The first-order valence-corrected chi connectivity index (χ1v) is 7.47. The minimum Gasteiger partial charge on any atom is -0.249 e. The summed E-state index contributed by atoms with van der Waals surface area (Å²) in [6.45, 7) is 7.60. The molecule has 4 nitrogen and oxygen atoms in total. The van der Waals surface area contributed by atoms with Gasteiger partial charge >= 0.3 is 0 Å². The van der Waals surface area contributed by atoms with Crippen LogP contribution in [0.1, 0.15) is 64.3 Å². The molecule has 106 valence electrons. The Morgan fingerprint density at radius 3 is 2.68 bits per heavy atom. The third-order valence-corrected chi connectivity index (χ3v) is 3.35. The standard InChI is InChI=1S/C15H26N4/c1-4-5-6-7-12-19-15(9-8-13(2)3)14(10-11-16)17-18-19/h13H,4-10,12H2,1-3H3. The van der Waals surface area contributed by atoms with Crippen molar-refractivity contribution in [2.45, 2.75) is 72.3 Å². The molecule has 19 heavy (non-hydrogen) atoms. The van der Waals surface area contributed by atoms with E-state index in [1.54, 1.807) is 0 Å². The average Bonchev–Trinajstić information content (AvgIpc) is 2.75. The molecule has 1 aromatic rings. The van der Waals surface area contributed by atoms with Gasteiger partial charge < -0.3 is 0 Å². The topological polar surface area (TPSA) is 54.5 Å². The van der Waals surface area contributed by atoms with Gasteiger partial charge in [-0.25, -0.2) is 4.68 Å². The minimum absolute atomic E-state index is 0.377. The van der Waals surface area contributed by atoms with E-state index >= 15 is 0 Å². The van der Waals surface area contributed by atoms with Crippen molar-refractivity contribution < 1.29 is 0 Å².